The molecule has 0 bridgehead atoms. The van der Waals surface area contributed by atoms with Crippen molar-refractivity contribution in [1.82, 2.24) is 15.5 Å². The van der Waals surface area contributed by atoms with Crippen molar-refractivity contribution in [2.45, 2.75) is 77.5 Å². The quantitative estimate of drug-likeness (QED) is 0.389. The van der Waals surface area contributed by atoms with E-state index in [0.717, 1.165) is 11.1 Å². The van der Waals surface area contributed by atoms with E-state index in [0.29, 0.717) is 24.8 Å². The summed E-state index contributed by atoms with van der Waals surface area (Å²) in [6.07, 6.45) is 1.82. The predicted octanol–water partition coefficient (Wildman–Crippen LogP) is 5.61. The molecule has 2 aliphatic rings. The number of hydrogen-bond donors (Lipinski definition) is 2. The van der Waals surface area contributed by atoms with Gasteiger partial charge in [0.15, 0.2) is 0 Å². The molecule has 3 unspecified atom stereocenters. The van der Waals surface area contributed by atoms with Gasteiger partial charge in [-0.05, 0) is 91.8 Å². The van der Waals surface area contributed by atoms with Crippen LogP contribution in [0.1, 0.15) is 63.8 Å². The minimum absolute atomic E-state index is 0.0893. The molecule has 0 spiro atoms. The number of benzene rings is 3. The Kier molecular flexibility index (Phi) is 8.22. The van der Waals surface area contributed by atoms with Crippen LogP contribution in [0.5, 0.6) is 0 Å². The van der Waals surface area contributed by atoms with Crippen LogP contribution in [-0.2, 0) is 27.2 Å². The molecule has 0 aromatic heterocycles. The van der Waals surface area contributed by atoms with E-state index in [9.17, 15) is 18.8 Å². The van der Waals surface area contributed by atoms with Crippen molar-refractivity contribution < 1.29 is 18.8 Å². The summed E-state index contributed by atoms with van der Waals surface area (Å²) in [7, 11) is 0. The number of fused-ring (bicyclic) bond motifs is 1. The highest BCUT2D eigenvalue weighted by molar-refractivity contribution is 6.00. The molecule has 2 N–H and O–H groups in total. The Morgan fingerprint density at radius 1 is 0.929 bits per heavy atom. The van der Waals surface area contributed by atoms with Gasteiger partial charge in [-0.3, -0.25) is 14.4 Å². The molecule has 3 atom stereocenters. The SMILES string of the molecule is CC(C)CC1C(=O)NC(C2Cc3ccccc3C2)C(=O)N1C(C(=O)NC(C)(C)C)c1ccc(-c2ccc(F)cc2)cc1. The summed E-state index contributed by atoms with van der Waals surface area (Å²) in [5, 5.41) is 6.13. The largest absolute Gasteiger partial charge is 0.349 e. The van der Waals surface area contributed by atoms with Crippen molar-refractivity contribution in [3.05, 3.63) is 95.3 Å². The smallest absolute Gasteiger partial charge is 0.247 e. The molecule has 0 saturated carbocycles. The van der Waals surface area contributed by atoms with E-state index < -0.39 is 23.7 Å². The van der Waals surface area contributed by atoms with Gasteiger partial charge in [-0.25, -0.2) is 4.39 Å². The van der Waals surface area contributed by atoms with Crippen molar-refractivity contribution >= 4 is 17.7 Å². The topological polar surface area (TPSA) is 78.5 Å². The monoisotopic (exact) mass is 569 g/mol. The van der Waals surface area contributed by atoms with Crippen molar-refractivity contribution in [3.63, 3.8) is 0 Å². The summed E-state index contributed by atoms with van der Waals surface area (Å²) in [6.45, 7) is 9.71. The molecule has 7 heteroatoms. The molecule has 1 heterocycles. The van der Waals surface area contributed by atoms with Crippen LogP contribution in [0.15, 0.2) is 72.8 Å². The Morgan fingerprint density at radius 2 is 1.48 bits per heavy atom. The van der Waals surface area contributed by atoms with Gasteiger partial charge in [0.05, 0.1) is 0 Å². The summed E-state index contributed by atoms with van der Waals surface area (Å²) in [4.78, 5) is 43.9. The standard InChI is InChI=1S/C35H40FN3O3/c1-21(2)18-29-32(40)37-30(27-19-25-8-6-7-9-26(25)20-27)34(42)39(29)31(33(41)38-35(3,4)5)24-12-10-22(11-13-24)23-14-16-28(36)17-15-23/h6-17,21,27,29-31H,18-20H2,1-5H3,(H,37,40)(H,38,41). The zero-order chi connectivity index (χ0) is 30.2. The maximum Gasteiger partial charge on any atom is 0.247 e. The lowest BCUT2D eigenvalue weighted by Gasteiger charge is -2.45. The molecule has 1 saturated heterocycles. The second-order valence-electron chi connectivity index (χ2n) is 13.1. The lowest BCUT2D eigenvalue weighted by Crippen LogP contribution is -2.67. The minimum Gasteiger partial charge on any atom is -0.349 e. The maximum absolute atomic E-state index is 14.5. The van der Waals surface area contributed by atoms with E-state index in [-0.39, 0.29) is 35.4 Å². The third kappa shape index (κ3) is 6.25. The summed E-state index contributed by atoms with van der Waals surface area (Å²) < 4.78 is 13.5. The summed E-state index contributed by atoms with van der Waals surface area (Å²) >= 11 is 0. The fourth-order valence-corrected chi connectivity index (χ4v) is 6.25. The van der Waals surface area contributed by atoms with Crippen molar-refractivity contribution in [2.75, 3.05) is 0 Å². The lowest BCUT2D eigenvalue weighted by molar-refractivity contribution is -0.158. The fraction of sp³-hybridized carbons (Fsp3) is 0.400. The zero-order valence-electron chi connectivity index (χ0n) is 25.0. The van der Waals surface area contributed by atoms with Crippen molar-refractivity contribution in [1.29, 1.82) is 0 Å². The summed E-state index contributed by atoms with van der Waals surface area (Å²) in [5.74, 6) is -1.06. The first-order valence-corrected chi connectivity index (χ1v) is 14.8. The van der Waals surface area contributed by atoms with Crippen LogP contribution in [0.25, 0.3) is 11.1 Å². The van der Waals surface area contributed by atoms with Gasteiger partial charge in [-0.1, -0.05) is 74.5 Å². The summed E-state index contributed by atoms with van der Waals surface area (Å²) in [5.41, 5.74) is 4.15. The van der Waals surface area contributed by atoms with E-state index in [2.05, 4.69) is 22.8 Å². The number of hydrogen-bond acceptors (Lipinski definition) is 3. The number of rotatable bonds is 7. The van der Waals surface area contributed by atoms with Crippen LogP contribution in [-0.4, -0.2) is 40.2 Å². The Hall–Kier alpha value is -4.00. The lowest BCUT2D eigenvalue weighted by atomic mass is 9.87. The van der Waals surface area contributed by atoms with Crippen LogP contribution < -0.4 is 10.6 Å². The number of carbonyl (C=O) groups is 3. The minimum atomic E-state index is -1.000. The van der Waals surface area contributed by atoms with Gasteiger partial charge in [-0.2, -0.15) is 0 Å². The molecule has 1 aliphatic heterocycles. The highest BCUT2D eigenvalue weighted by Crippen LogP contribution is 2.36. The molecule has 0 radical (unpaired) electrons. The van der Waals surface area contributed by atoms with Crippen LogP contribution in [0, 0.1) is 17.7 Å². The number of carbonyl (C=O) groups excluding carboxylic acids is 3. The second-order valence-corrected chi connectivity index (χ2v) is 13.1. The fourth-order valence-electron chi connectivity index (χ4n) is 6.25. The highest BCUT2D eigenvalue weighted by Gasteiger charge is 2.49. The molecule has 6 nitrogen and oxygen atoms in total. The second kappa shape index (κ2) is 11.7. The van der Waals surface area contributed by atoms with Crippen LogP contribution >= 0.6 is 0 Å². The first-order valence-electron chi connectivity index (χ1n) is 14.8. The Balaban J connectivity index is 1.55. The van der Waals surface area contributed by atoms with E-state index in [4.69, 9.17) is 0 Å². The molecule has 1 fully saturated rings. The van der Waals surface area contributed by atoms with Gasteiger partial charge in [-0.15, -0.1) is 0 Å². The Bertz CT molecular complexity index is 1440. The maximum atomic E-state index is 14.5. The Morgan fingerprint density at radius 3 is 2.00 bits per heavy atom. The van der Waals surface area contributed by atoms with Crippen LogP contribution in [0.3, 0.4) is 0 Å². The molecular formula is C35H40FN3O3. The van der Waals surface area contributed by atoms with E-state index >= 15 is 0 Å². The van der Waals surface area contributed by atoms with Gasteiger partial charge >= 0.3 is 0 Å². The van der Waals surface area contributed by atoms with E-state index in [1.54, 1.807) is 17.0 Å². The van der Waals surface area contributed by atoms with Crippen molar-refractivity contribution in [2.24, 2.45) is 11.8 Å². The molecule has 3 aromatic carbocycles. The predicted molar refractivity (Wildman–Crippen MR) is 162 cm³/mol. The van der Waals surface area contributed by atoms with Gasteiger partial charge in [0.2, 0.25) is 17.7 Å². The van der Waals surface area contributed by atoms with E-state index in [1.807, 2.05) is 71.0 Å². The highest BCUT2D eigenvalue weighted by atomic mass is 19.1. The first kappa shape index (κ1) is 29.5. The Labute approximate surface area is 247 Å². The number of amides is 3. The molecule has 3 aromatic rings. The van der Waals surface area contributed by atoms with Gasteiger partial charge in [0.1, 0.15) is 23.9 Å². The zero-order valence-corrected chi connectivity index (χ0v) is 25.0. The molecule has 3 amide bonds. The average Bonchev–Trinajstić information content (AvgIpc) is 3.36. The van der Waals surface area contributed by atoms with Crippen LogP contribution in [0.2, 0.25) is 0 Å². The molecular weight excluding hydrogens is 529 g/mol. The number of halogens is 1. The van der Waals surface area contributed by atoms with Gasteiger partial charge < -0.3 is 15.5 Å². The third-order valence-corrected chi connectivity index (χ3v) is 8.13. The molecule has 42 heavy (non-hydrogen) atoms. The normalized spacial score (nSPS) is 19.9. The average molecular weight is 570 g/mol. The molecule has 5 rings (SSSR count). The first-order chi connectivity index (χ1) is 19.9. The number of piperazine rings is 1. The third-order valence-electron chi connectivity index (χ3n) is 8.13. The van der Waals surface area contributed by atoms with Gasteiger partial charge in [0.25, 0.3) is 0 Å². The summed E-state index contributed by atoms with van der Waals surface area (Å²) in [6, 6.07) is 19.3. The number of nitrogens with zero attached hydrogens (tertiary/aromatic N) is 1. The molecule has 220 valence electrons. The van der Waals surface area contributed by atoms with Crippen LogP contribution in [0.4, 0.5) is 4.39 Å². The molecule has 1 aliphatic carbocycles. The van der Waals surface area contributed by atoms with Gasteiger partial charge in [0, 0.05) is 5.54 Å². The number of nitrogens with one attached hydrogen (secondary N) is 2. The van der Waals surface area contributed by atoms with Crippen molar-refractivity contribution in [3.8, 4) is 11.1 Å². The van der Waals surface area contributed by atoms with E-state index in [1.165, 1.54) is 23.3 Å².